The first-order valence-corrected chi connectivity index (χ1v) is 12.5. The van der Waals surface area contributed by atoms with Gasteiger partial charge in [0.2, 0.25) is 0 Å². The van der Waals surface area contributed by atoms with Gasteiger partial charge in [0.1, 0.15) is 5.60 Å². The predicted octanol–water partition coefficient (Wildman–Crippen LogP) is 4.55. The van der Waals surface area contributed by atoms with Crippen molar-refractivity contribution >= 4 is 17.7 Å². The normalized spacial score (nSPS) is 14.3. The first-order chi connectivity index (χ1) is 18.2. The zero-order valence-electron chi connectivity index (χ0n) is 21.6. The molecule has 0 radical (unpaired) electrons. The van der Waals surface area contributed by atoms with Gasteiger partial charge in [0.05, 0.1) is 12.2 Å². The van der Waals surface area contributed by atoms with Gasteiger partial charge in [-0.3, -0.25) is 9.89 Å². The number of benzene rings is 2. The fourth-order valence-electron chi connectivity index (χ4n) is 4.21. The molecule has 0 atom stereocenters. The molecule has 2 aromatic heterocycles. The van der Waals surface area contributed by atoms with E-state index in [0.717, 1.165) is 11.1 Å². The molecule has 0 bridgehead atoms. The molecule has 2 amide bonds. The van der Waals surface area contributed by atoms with Crippen LogP contribution in [0, 0.1) is 0 Å². The maximum absolute atomic E-state index is 12.8. The number of H-pyrrole nitrogens is 1. The summed E-state index contributed by atoms with van der Waals surface area (Å²) >= 11 is 0. The maximum Gasteiger partial charge on any atom is 0.410 e. The molecular formula is C27H30N8O3. The van der Waals surface area contributed by atoms with Crippen molar-refractivity contribution in [2.75, 3.05) is 18.4 Å². The molecule has 0 unspecified atom stereocenters. The number of amides is 2. The first-order valence-electron chi connectivity index (χ1n) is 12.5. The van der Waals surface area contributed by atoms with E-state index in [0.29, 0.717) is 43.3 Å². The van der Waals surface area contributed by atoms with Crippen LogP contribution >= 0.6 is 0 Å². The summed E-state index contributed by atoms with van der Waals surface area (Å²) in [4.78, 5) is 31.3. The number of aromatic amines is 1. The van der Waals surface area contributed by atoms with Crippen LogP contribution in [0.1, 0.15) is 50.1 Å². The summed E-state index contributed by atoms with van der Waals surface area (Å²) in [6, 6.07) is 17.1. The zero-order valence-corrected chi connectivity index (χ0v) is 21.6. The van der Waals surface area contributed by atoms with Crippen LogP contribution in [0.15, 0.2) is 60.8 Å². The summed E-state index contributed by atoms with van der Waals surface area (Å²) in [5.41, 5.74) is 2.11. The van der Waals surface area contributed by atoms with Crippen molar-refractivity contribution in [3.8, 4) is 22.8 Å². The molecule has 1 saturated heterocycles. The van der Waals surface area contributed by atoms with E-state index in [1.54, 1.807) is 27.9 Å². The van der Waals surface area contributed by atoms with Crippen LogP contribution in [0.5, 0.6) is 0 Å². The molecule has 3 heterocycles. The number of aromatic nitrogens is 6. The lowest BCUT2D eigenvalue weighted by Gasteiger charge is -2.33. The smallest absolute Gasteiger partial charge is 0.410 e. The highest BCUT2D eigenvalue weighted by Crippen LogP contribution is 2.24. The molecule has 0 saturated carbocycles. The number of carbonyl (C=O) groups excluding carboxylic acids is 2. The summed E-state index contributed by atoms with van der Waals surface area (Å²) in [6.07, 6.45) is 2.76. The van der Waals surface area contributed by atoms with E-state index in [-0.39, 0.29) is 23.7 Å². The van der Waals surface area contributed by atoms with Gasteiger partial charge >= 0.3 is 6.09 Å². The van der Waals surface area contributed by atoms with Crippen molar-refractivity contribution in [2.24, 2.45) is 0 Å². The highest BCUT2D eigenvalue weighted by Gasteiger charge is 2.28. The number of likely N-dealkylation sites (tertiary alicyclic amines) is 1. The van der Waals surface area contributed by atoms with Crippen LogP contribution in [-0.4, -0.2) is 65.8 Å². The summed E-state index contributed by atoms with van der Waals surface area (Å²) in [7, 11) is 0. The Morgan fingerprint density at radius 3 is 2.39 bits per heavy atom. The van der Waals surface area contributed by atoms with Crippen LogP contribution in [0.3, 0.4) is 0 Å². The van der Waals surface area contributed by atoms with Gasteiger partial charge in [0, 0.05) is 29.9 Å². The number of anilines is 1. The maximum atomic E-state index is 12.8. The predicted molar refractivity (Wildman–Crippen MR) is 141 cm³/mol. The summed E-state index contributed by atoms with van der Waals surface area (Å²) < 4.78 is 7.16. The van der Waals surface area contributed by atoms with Crippen molar-refractivity contribution < 1.29 is 14.3 Å². The van der Waals surface area contributed by atoms with Crippen LogP contribution in [0.2, 0.25) is 0 Å². The summed E-state index contributed by atoms with van der Waals surface area (Å²) in [6.45, 7) is 6.68. The summed E-state index contributed by atoms with van der Waals surface area (Å²) in [5, 5.41) is 18.3. The third kappa shape index (κ3) is 5.88. The van der Waals surface area contributed by atoms with Crippen LogP contribution < -0.4 is 5.32 Å². The molecular weight excluding hydrogens is 484 g/mol. The zero-order chi connectivity index (χ0) is 26.7. The molecule has 11 heteroatoms. The Labute approximate surface area is 220 Å². The third-order valence-electron chi connectivity index (χ3n) is 6.17. The van der Waals surface area contributed by atoms with Gasteiger partial charge in [0.15, 0.2) is 17.3 Å². The van der Waals surface area contributed by atoms with E-state index in [4.69, 9.17) is 4.74 Å². The van der Waals surface area contributed by atoms with Gasteiger partial charge in [0.25, 0.3) is 5.91 Å². The lowest BCUT2D eigenvalue weighted by Crippen LogP contribution is -2.42. The number of hydrogen-bond acceptors (Lipinski definition) is 7. The third-order valence-corrected chi connectivity index (χ3v) is 6.17. The molecule has 1 aliphatic rings. The standard InChI is InChI=1S/C27H30N8O3/c1-27(2,3)38-26(37)34-15-13-21(14-16-34)35-17-22(30-33-35)25(36)28-20-11-9-19(10-12-20)24-29-23(31-32-24)18-7-5-4-6-8-18/h4-12,17,21H,13-16H2,1-3H3,(H,28,36)(H,29,31,32). The van der Waals surface area contributed by atoms with E-state index in [2.05, 4.69) is 30.8 Å². The average molecular weight is 515 g/mol. The Morgan fingerprint density at radius 2 is 1.71 bits per heavy atom. The van der Waals surface area contributed by atoms with Crippen LogP contribution in [0.4, 0.5) is 10.5 Å². The Kier molecular flexibility index (Phi) is 6.91. The average Bonchev–Trinajstić information content (AvgIpc) is 3.60. The number of nitrogens with zero attached hydrogens (tertiary/aromatic N) is 6. The number of hydrogen-bond donors (Lipinski definition) is 2. The second kappa shape index (κ2) is 10.4. The van der Waals surface area contributed by atoms with Crippen LogP contribution in [-0.2, 0) is 4.74 Å². The van der Waals surface area contributed by atoms with Crippen molar-refractivity contribution in [3.05, 3.63) is 66.5 Å². The molecule has 196 valence electrons. The molecule has 0 aliphatic carbocycles. The minimum absolute atomic E-state index is 0.0599. The van der Waals surface area contributed by atoms with Crippen molar-refractivity contribution in [1.29, 1.82) is 0 Å². The SMILES string of the molecule is CC(C)(C)OC(=O)N1CCC(n2cc(C(=O)Nc3ccc(-c4nc(-c5ccccc5)n[nH]4)cc3)nn2)CC1. The second-order valence-corrected chi connectivity index (χ2v) is 10.2. The van der Waals surface area contributed by atoms with Gasteiger partial charge in [-0.2, -0.15) is 5.10 Å². The van der Waals surface area contributed by atoms with E-state index in [9.17, 15) is 9.59 Å². The molecule has 0 spiro atoms. The first kappa shape index (κ1) is 25.1. The van der Waals surface area contributed by atoms with Gasteiger partial charge in [-0.25, -0.2) is 14.5 Å². The second-order valence-electron chi connectivity index (χ2n) is 10.2. The quantitative estimate of drug-likeness (QED) is 0.399. The van der Waals surface area contributed by atoms with Crippen molar-refractivity contribution in [2.45, 2.75) is 45.3 Å². The number of ether oxygens (including phenoxy) is 1. The fraction of sp³-hybridized carbons (Fsp3) is 0.333. The van der Waals surface area contributed by atoms with E-state index < -0.39 is 5.60 Å². The molecule has 5 rings (SSSR count). The Bertz CT molecular complexity index is 1400. The topological polar surface area (TPSA) is 131 Å². The lowest BCUT2D eigenvalue weighted by atomic mass is 10.1. The Morgan fingerprint density at radius 1 is 1.00 bits per heavy atom. The van der Waals surface area contributed by atoms with Gasteiger partial charge in [-0.1, -0.05) is 35.5 Å². The van der Waals surface area contributed by atoms with E-state index in [1.807, 2.05) is 63.2 Å². The highest BCUT2D eigenvalue weighted by atomic mass is 16.6. The lowest BCUT2D eigenvalue weighted by molar-refractivity contribution is 0.0184. The molecule has 1 fully saturated rings. The molecule has 1 aliphatic heterocycles. The van der Waals surface area contributed by atoms with Gasteiger partial charge < -0.3 is 15.0 Å². The Hall–Kier alpha value is -4.54. The van der Waals surface area contributed by atoms with Crippen molar-refractivity contribution in [3.63, 3.8) is 0 Å². The number of piperidine rings is 1. The van der Waals surface area contributed by atoms with E-state index >= 15 is 0 Å². The molecule has 2 aromatic carbocycles. The van der Waals surface area contributed by atoms with Crippen LogP contribution in [0.25, 0.3) is 22.8 Å². The largest absolute Gasteiger partial charge is 0.444 e. The number of carbonyl (C=O) groups is 2. The van der Waals surface area contributed by atoms with Gasteiger partial charge in [-0.15, -0.1) is 5.10 Å². The van der Waals surface area contributed by atoms with Gasteiger partial charge in [-0.05, 0) is 57.9 Å². The highest BCUT2D eigenvalue weighted by molar-refractivity contribution is 6.02. The molecule has 38 heavy (non-hydrogen) atoms. The summed E-state index contributed by atoms with van der Waals surface area (Å²) in [5.74, 6) is 0.917. The minimum atomic E-state index is -0.524. The molecule has 2 N–H and O–H groups in total. The number of nitrogens with one attached hydrogen (secondary N) is 2. The number of rotatable bonds is 5. The minimum Gasteiger partial charge on any atom is -0.444 e. The van der Waals surface area contributed by atoms with E-state index in [1.165, 1.54) is 0 Å². The fourth-order valence-corrected chi connectivity index (χ4v) is 4.21. The molecule has 11 nitrogen and oxygen atoms in total. The van der Waals surface area contributed by atoms with Crippen molar-refractivity contribution in [1.82, 2.24) is 35.1 Å². The Balaban J connectivity index is 1.16. The monoisotopic (exact) mass is 514 g/mol. The molecule has 4 aromatic rings.